The summed E-state index contributed by atoms with van der Waals surface area (Å²) in [4.78, 5) is 26.1. The third kappa shape index (κ3) is 4.50. The molecule has 0 aromatic carbocycles. The highest BCUT2D eigenvalue weighted by molar-refractivity contribution is 5.76. The smallest absolute Gasteiger partial charge is 0.320 e. The number of pyridine rings is 1. The van der Waals surface area contributed by atoms with Gasteiger partial charge in [-0.1, -0.05) is 13.0 Å². The molecular weight excluding hydrogens is 236 g/mol. The minimum atomic E-state index is -1.12. The Bertz CT molecular complexity index is 408. The van der Waals surface area contributed by atoms with E-state index in [-0.39, 0.29) is 13.0 Å². The highest BCUT2D eigenvalue weighted by Crippen LogP contribution is 2.09. The lowest BCUT2D eigenvalue weighted by molar-refractivity contribution is -0.147. The van der Waals surface area contributed by atoms with Gasteiger partial charge in [0.05, 0.1) is 12.1 Å². The Morgan fingerprint density at radius 1 is 1.50 bits per heavy atom. The molecule has 1 rings (SSSR count). The molecule has 0 saturated heterocycles. The molecule has 1 aromatic rings. The van der Waals surface area contributed by atoms with E-state index < -0.39 is 23.9 Å². The van der Waals surface area contributed by atoms with Gasteiger partial charge in [-0.15, -0.1) is 0 Å². The zero-order valence-corrected chi connectivity index (χ0v) is 10.1. The van der Waals surface area contributed by atoms with Crippen molar-refractivity contribution in [2.75, 3.05) is 0 Å². The Labute approximate surface area is 105 Å². The number of aliphatic carboxylic acids is 1. The summed E-state index contributed by atoms with van der Waals surface area (Å²) in [5.41, 5.74) is 6.04. The molecule has 2 atom stereocenters. The first kappa shape index (κ1) is 14.1. The quantitative estimate of drug-likeness (QED) is 0.717. The molecule has 3 N–H and O–H groups in total. The van der Waals surface area contributed by atoms with Crippen LogP contribution in [0.15, 0.2) is 24.4 Å². The summed E-state index contributed by atoms with van der Waals surface area (Å²) in [6.45, 7) is 1.68. The molecule has 18 heavy (non-hydrogen) atoms. The van der Waals surface area contributed by atoms with Gasteiger partial charge in [-0.05, 0) is 18.1 Å². The molecule has 0 amide bonds. The van der Waals surface area contributed by atoms with Gasteiger partial charge in [-0.3, -0.25) is 14.6 Å². The van der Waals surface area contributed by atoms with Gasteiger partial charge in [0, 0.05) is 6.20 Å². The van der Waals surface area contributed by atoms with Crippen LogP contribution in [-0.4, -0.2) is 28.1 Å². The van der Waals surface area contributed by atoms with Crippen LogP contribution >= 0.6 is 0 Å². The number of aromatic nitrogens is 1. The van der Waals surface area contributed by atoms with E-state index in [2.05, 4.69) is 4.98 Å². The third-order valence-corrected chi connectivity index (χ3v) is 2.49. The minimum Gasteiger partial charge on any atom is -0.480 e. The Balaban J connectivity index is 2.36. The number of carboxylic acids is 1. The molecule has 0 aliphatic carbocycles. The van der Waals surface area contributed by atoms with Crippen molar-refractivity contribution in [2.24, 2.45) is 11.7 Å². The number of hydrogen-bond donors (Lipinski definition) is 2. The number of hydrogen-bond acceptors (Lipinski definition) is 5. The molecule has 0 aliphatic heterocycles. The normalized spacial score (nSPS) is 13.7. The van der Waals surface area contributed by atoms with E-state index in [0.29, 0.717) is 5.69 Å². The second kappa shape index (κ2) is 6.70. The van der Waals surface area contributed by atoms with Gasteiger partial charge in [0.2, 0.25) is 0 Å². The standard InChI is InChI=1S/C12H16N2O4/c1-8(11(13)12(16)17)6-10(15)18-7-9-4-2-3-5-14-9/h2-5,8,11H,6-7,13H2,1H3,(H,16,17)/t8?,11-/m0/s1. The van der Waals surface area contributed by atoms with Crippen LogP contribution in [0, 0.1) is 5.92 Å². The lowest BCUT2D eigenvalue weighted by Gasteiger charge is -2.14. The van der Waals surface area contributed by atoms with Crippen molar-refractivity contribution in [2.45, 2.75) is 26.0 Å². The summed E-state index contributed by atoms with van der Waals surface area (Å²) in [7, 11) is 0. The molecule has 1 unspecified atom stereocenters. The molecule has 0 aliphatic rings. The molecule has 0 fully saturated rings. The lowest BCUT2D eigenvalue weighted by atomic mass is 9.99. The van der Waals surface area contributed by atoms with Gasteiger partial charge in [-0.2, -0.15) is 0 Å². The summed E-state index contributed by atoms with van der Waals surface area (Å²) < 4.78 is 4.98. The molecule has 98 valence electrons. The predicted octanol–water partition coefficient (Wildman–Crippen LogP) is 0.563. The summed E-state index contributed by atoms with van der Waals surface area (Å²) in [5.74, 6) is -2.08. The van der Waals surface area contributed by atoms with Crippen molar-refractivity contribution >= 4 is 11.9 Å². The zero-order valence-electron chi connectivity index (χ0n) is 10.1. The highest BCUT2D eigenvalue weighted by atomic mass is 16.5. The molecule has 0 radical (unpaired) electrons. The van der Waals surface area contributed by atoms with Crippen LogP contribution in [0.1, 0.15) is 19.0 Å². The molecule has 1 aromatic heterocycles. The zero-order chi connectivity index (χ0) is 13.5. The fourth-order valence-corrected chi connectivity index (χ4v) is 1.33. The number of carbonyl (C=O) groups is 2. The van der Waals surface area contributed by atoms with Crippen molar-refractivity contribution in [3.05, 3.63) is 30.1 Å². The largest absolute Gasteiger partial charge is 0.480 e. The minimum absolute atomic E-state index is 0.0275. The second-order valence-corrected chi connectivity index (χ2v) is 4.03. The number of rotatable bonds is 6. The predicted molar refractivity (Wildman–Crippen MR) is 63.4 cm³/mol. The number of ether oxygens (including phenoxy) is 1. The maximum atomic E-state index is 11.5. The fourth-order valence-electron chi connectivity index (χ4n) is 1.33. The summed E-state index contributed by atoms with van der Waals surface area (Å²) in [5, 5.41) is 8.69. The second-order valence-electron chi connectivity index (χ2n) is 4.03. The van der Waals surface area contributed by atoms with E-state index in [1.165, 1.54) is 0 Å². The first-order valence-electron chi connectivity index (χ1n) is 5.54. The average molecular weight is 252 g/mol. The first-order valence-corrected chi connectivity index (χ1v) is 5.54. The Morgan fingerprint density at radius 3 is 2.78 bits per heavy atom. The third-order valence-electron chi connectivity index (χ3n) is 2.49. The van der Waals surface area contributed by atoms with Crippen molar-refractivity contribution in [3.8, 4) is 0 Å². The van der Waals surface area contributed by atoms with E-state index >= 15 is 0 Å². The van der Waals surface area contributed by atoms with Gasteiger partial charge in [0.1, 0.15) is 12.6 Å². The summed E-state index contributed by atoms with van der Waals surface area (Å²) >= 11 is 0. The molecule has 1 heterocycles. The maximum absolute atomic E-state index is 11.5. The molecule has 6 heteroatoms. The van der Waals surface area contributed by atoms with Crippen LogP contribution in [0.25, 0.3) is 0 Å². The van der Waals surface area contributed by atoms with Crippen LogP contribution in [0.3, 0.4) is 0 Å². The molecule has 0 spiro atoms. The Kier molecular flexibility index (Phi) is 5.26. The number of carbonyl (C=O) groups excluding carboxylic acids is 1. The molecule has 0 saturated carbocycles. The first-order chi connectivity index (χ1) is 8.50. The van der Waals surface area contributed by atoms with Gasteiger partial charge >= 0.3 is 11.9 Å². The topological polar surface area (TPSA) is 103 Å². The van der Waals surface area contributed by atoms with Crippen LogP contribution in [0.2, 0.25) is 0 Å². The van der Waals surface area contributed by atoms with E-state index in [0.717, 1.165) is 0 Å². The van der Waals surface area contributed by atoms with E-state index in [4.69, 9.17) is 15.6 Å². The summed E-state index contributed by atoms with van der Waals surface area (Å²) in [6, 6.07) is 4.23. The van der Waals surface area contributed by atoms with Crippen molar-refractivity contribution in [1.29, 1.82) is 0 Å². The number of nitrogens with zero attached hydrogens (tertiary/aromatic N) is 1. The van der Waals surface area contributed by atoms with Crippen molar-refractivity contribution < 1.29 is 19.4 Å². The van der Waals surface area contributed by atoms with Crippen LogP contribution in [0.4, 0.5) is 0 Å². The number of esters is 1. The van der Waals surface area contributed by atoms with Crippen LogP contribution in [-0.2, 0) is 20.9 Å². The highest BCUT2D eigenvalue weighted by Gasteiger charge is 2.23. The van der Waals surface area contributed by atoms with Gasteiger partial charge in [-0.25, -0.2) is 0 Å². The van der Waals surface area contributed by atoms with E-state index in [1.807, 2.05) is 0 Å². The number of nitrogens with two attached hydrogens (primary N) is 1. The van der Waals surface area contributed by atoms with Gasteiger partial charge in [0.25, 0.3) is 0 Å². The van der Waals surface area contributed by atoms with Crippen LogP contribution in [0.5, 0.6) is 0 Å². The van der Waals surface area contributed by atoms with E-state index in [1.54, 1.807) is 31.3 Å². The Hall–Kier alpha value is -1.95. The molecule has 6 nitrogen and oxygen atoms in total. The lowest BCUT2D eigenvalue weighted by Crippen LogP contribution is -2.37. The average Bonchev–Trinajstić information content (AvgIpc) is 2.36. The monoisotopic (exact) mass is 252 g/mol. The fraction of sp³-hybridized carbons (Fsp3) is 0.417. The summed E-state index contributed by atoms with van der Waals surface area (Å²) in [6.07, 6.45) is 1.58. The van der Waals surface area contributed by atoms with Crippen molar-refractivity contribution in [1.82, 2.24) is 4.98 Å². The SMILES string of the molecule is CC(CC(=O)OCc1ccccn1)[C@H](N)C(=O)O. The van der Waals surface area contributed by atoms with Crippen molar-refractivity contribution in [3.63, 3.8) is 0 Å². The van der Waals surface area contributed by atoms with Gasteiger partial charge < -0.3 is 15.6 Å². The van der Waals surface area contributed by atoms with Crippen LogP contribution < -0.4 is 5.73 Å². The van der Waals surface area contributed by atoms with Gasteiger partial charge in [0.15, 0.2) is 0 Å². The number of carboxylic acid groups (broad SMARTS) is 1. The Morgan fingerprint density at radius 2 is 2.22 bits per heavy atom. The van der Waals surface area contributed by atoms with E-state index in [9.17, 15) is 9.59 Å². The molecule has 0 bridgehead atoms. The molecular formula is C12H16N2O4. The maximum Gasteiger partial charge on any atom is 0.320 e.